The van der Waals surface area contributed by atoms with Crippen molar-refractivity contribution in [3.05, 3.63) is 76.5 Å². The van der Waals surface area contributed by atoms with E-state index in [9.17, 15) is 19.8 Å². The average Bonchev–Trinajstić information content (AvgIpc) is 3.26. The molecule has 4 rings (SSSR count). The lowest BCUT2D eigenvalue weighted by Gasteiger charge is -2.15. The molecule has 3 aromatic rings. The predicted molar refractivity (Wildman–Crippen MR) is 122 cm³/mol. The number of thiazole rings is 1. The van der Waals surface area contributed by atoms with Crippen molar-refractivity contribution in [2.75, 3.05) is 11.4 Å². The number of benzene rings is 2. The number of carboxylic acids is 2. The largest absolute Gasteiger partial charge is 0.480 e. The summed E-state index contributed by atoms with van der Waals surface area (Å²) in [6.45, 7) is 1.67. The number of aliphatic carboxylic acids is 2. The van der Waals surface area contributed by atoms with Gasteiger partial charge in [0.1, 0.15) is 16.3 Å². The zero-order valence-electron chi connectivity index (χ0n) is 16.6. The third kappa shape index (κ3) is 4.41. The van der Waals surface area contributed by atoms with Crippen LogP contribution in [-0.2, 0) is 16.1 Å². The van der Waals surface area contributed by atoms with E-state index in [4.69, 9.17) is 0 Å². The van der Waals surface area contributed by atoms with E-state index in [0.717, 1.165) is 31.4 Å². The van der Waals surface area contributed by atoms with Crippen molar-refractivity contribution in [2.45, 2.75) is 18.4 Å². The number of rotatable bonds is 6. The van der Waals surface area contributed by atoms with Gasteiger partial charge in [0.15, 0.2) is 0 Å². The molecule has 1 aromatic heterocycles. The highest BCUT2D eigenvalue weighted by atomic mass is 32.2. The van der Waals surface area contributed by atoms with E-state index in [1.54, 1.807) is 15.5 Å². The van der Waals surface area contributed by atoms with Crippen LogP contribution in [0, 0.1) is 0 Å². The van der Waals surface area contributed by atoms with Crippen molar-refractivity contribution in [3.8, 4) is 0 Å². The van der Waals surface area contributed by atoms with E-state index in [1.165, 1.54) is 23.1 Å². The minimum atomic E-state index is -0.914. The smallest absolute Gasteiger partial charge is 0.370 e. The van der Waals surface area contributed by atoms with Gasteiger partial charge in [-0.25, -0.2) is 4.79 Å². The van der Waals surface area contributed by atoms with Crippen molar-refractivity contribution in [1.82, 2.24) is 0 Å². The molecule has 0 fully saturated rings. The molecule has 0 saturated heterocycles. The summed E-state index contributed by atoms with van der Waals surface area (Å²) >= 11 is 3.02. The first-order chi connectivity index (χ1) is 14.9. The van der Waals surface area contributed by atoms with Gasteiger partial charge >= 0.3 is 11.9 Å². The Kier molecular flexibility index (Phi) is 5.95. The normalized spacial score (nSPS) is 13.3. The SMILES string of the molecule is CC(=CC=C=C1Sc2ccccc2N1CC(=O)O)c1sc2ccccc2[n+]1CC(=O)O. The molecule has 0 amide bonds. The zero-order valence-corrected chi connectivity index (χ0v) is 18.2. The Balaban J connectivity index is 1.70. The summed E-state index contributed by atoms with van der Waals surface area (Å²) in [5.41, 5.74) is 5.84. The number of carbonyl (C=O) groups is 2. The molecule has 2 N–H and O–H groups in total. The number of nitrogens with zero attached hydrogens (tertiary/aromatic N) is 2. The molecular weight excluding hydrogens is 432 g/mol. The fourth-order valence-corrected chi connectivity index (χ4v) is 5.54. The maximum Gasteiger partial charge on any atom is 0.370 e. The summed E-state index contributed by atoms with van der Waals surface area (Å²) < 4.78 is 2.81. The number of hydrogen-bond acceptors (Lipinski definition) is 5. The molecule has 6 nitrogen and oxygen atoms in total. The molecule has 0 bridgehead atoms. The number of fused-ring (bicyclic) bond motifs is 2. The monoisotopic (exact) mass is 451 g/mol. The molecule has 31 heavy (non-hydrogen) atoms. The number of allylic oxidation sites excluding steroid dienone is 3. The van der Waals surface area contributed by atoms with E-state index >= 15 is 0 Å². The minimum Gasteiger partial charge on any atom is -0.480 e. The molecule has 2 heterocycles. The molecule has 156 valence electrons. The first-order valence-electron chi connectivity index (χ1n) is 9.47. The third-order valence-electron chi connectivity index (χ3n) is 4.68. The quantitative estimate of drug-likeness (QED) is 0.329. The number of carboxylic acid groups (broad SMARTS) is 2. The molecule has 1 aliphatic rings. The molecule has 1 aliphatic heterocycles. The predicted octanol–water partition coefficient (Wildman–Crippen LogP) is 4.37. The van der Waals surface area contributed by atoms with Crippen LogP contribution in [0.3, 0.4) is 0 Å². The van der Waals surface area contributed by atoms with Crippen LogP contribution >= 0.6 is 23.1 Å². The van der Waals surface area contributed by atoms with Gasteiger partial charge in [-0.05, 0) is 37.3 Å². The van der Waals surface area contributed by atoms with Crippen LogP contribution in [0.25, 0.3) is 15.8 Å². The van der Waals surface area contributed by atoms with Crippen LogP contribution in [0.15, 0.2) is 76.3 Å². The van der Waals surface area contributed by atoms with E-state index in [-0.39, 0.29) is 13.1 Å². The van der Waals surface area contributed by atoms with Crippen LogP contribution in [0.1, 0.15) is 11.9 Å². The lowest BCUT2D eigenvalue weighted by atomic mass is 10.2. The molecule has 2 aromatic carbocycles. The van der Waals surface area contributed by atoms with Crippen LogP contribution in [-0.4, -0.2) is 28.7 Å². The third-order valence-corrected chi connectivity index (χ3v) is 7.08. The lowest BCUT2D eigenvalue weighted by Crippen LogP contribution is -2.39. The van der Waals surface area contributed by atoms with E-state index < -0.39 is 11.9 Å². The first-order valence-corrected chi connectivity index (χ1v) is 11.1. The van der Waals surface area contributed by atoms with Crippen molar-refractivity contribution in [2.24, 2.45) is 0 Å². The Morgan fingerprint density at radius 2 is 1.84 bits per heavy atom. The van der Waals surface area contributed by atoms with Gasteiger partial charge in [-0.1, -0.05) is 53.1 Å². The molecule has 8 heteroatoms. The molecule has 0 spiro atoms. The van der Waals surface area contributed by atoms with Crippen LogP contribution in [0.4, 0.5) is 5.69 Å². The Morgan fingerprint density at radius 3 is 2.61 bits per heavy atom. The Morgan fingerprint density at radius 1 is 1.10 bits per heavy atom. The summed E-state index contributed by atoms with van der Waals surface area (Å²) in [5, 5.41) is 20.2. The highest BCUT2D eigenvalue weighted by Gasteiger charge is 2.26. The second kappa shape index (κ2) is 8.81. The highest BCUT2D eigenvalue weighted by molar-refractivity contribution is 8.03. The molecule has 0 aliphatic carbocycles. The Hall–Kier alpha value is -3.32. The van der Waals surface area contributed by atoms with Gasteiger partial charge in [0, 0.05) is 16.5 Å². The fraction of sp³-hybridized carbons (Fsp3) is 0.130. The van der Waals surface area contributed by atoms with Crippen molar-refractivity contribution < 1.29 is 24.4 Å². The fourth-order valence-electron chi connectivity index (χ4n) is 3.36. The average molecular weight is 452 g/mol. The minimum absolute atomic E-state index is 0.118. The number of hydrogen-bond donors (Lipinski definition) is 2. The van der Waals surface area contributed by atoms with Crippen LogP contribution in [0.2, 0.25) is 0 Å². The van der Waals surface area contributed by atoms with E-state index in [2.05, 4.69) is 5.73 Å². The Labute approximate surface area is 187 Å². The number of para-hydroxylation sites is 2. The van der Waals surface area contributed by atoms with Crippen LogP contribution < -0.4 is 9.47 Å². The first kappa shape index (κ1) is 20.9. The van der Waals surface area contributed by atoms with E-state index in [0.29, 0.717) is 5.03 Å². The molecular formula is C23H19N2O4S2+. The van der Waals surface area contributed by atoms with Crippen molar-refractivity contribution in [1.29, 1.82) is 0 Å². The van der Waals surface area contributed by atoms with Gasteiger partial charge in [0.05, 0.1) is 5.69 Å². The molecule has 0 atom stereocenters. The van der Waals surface area contributed by atoms with Gasteiger partial charge in [-0.3, -0.25) is 4.79 Å². The standard InChI is InChI=1S/C23H18N2O4S2/c1-15(23-25(14-22(28)29)17-9-3-5-11-19(17)31-23)7-6-12-20-24(13-21(26)27)16-8-2-4-10-18(16)30-20/h2-11H,13-14H2,1H3,(H-,26,27,28,29)/p+1. The number of aromatic nitrogens is 1. The molecule has 0 unspecified atom stereocenters. The van der Waals surface area contributed by atoms with Crippen LogP contribution in [0.5, 0.6) is 0 Å². The topological polar surface area (TPSA) is 81.7 Å². The summed E-state index contributed by atoms with van der Waals surface area (Å²) in [4.78, 5) is 25.4. The molecule has 0 saturated carbocycles. The number of thioether (sulfide) groups is 1. The van der Waals surface area contributed by atoms with Crippen molar-refractivity contribution >= 4 is 56.5 Å². The van der Waals surface area contributed by atoms with Gasteiger partial charge in [-0.2, -0.15) is 4.57 Å². The maximum absolute atomic E-state index is 11.4. The van der Waals surface area contributed by atoms with Crippen molar-refractivity contribution in [3.63, 3.8) is 0 Å². The van der Waals surface area contributed by atoms with Gasteiger partial charge in [-0.15, -0.1) is 0 Å². The second-order valence-corrected chi connectivity index (χ2v) is 8.93. The van der Waals surface area contributed by atoms with Gasteiger partial charge in [0.25, 0.3) is 5.01 Å². The zero-order chi connectivity index (χ0) is 22.0. The summed E-state index contributed by atoms with van der Waals surface area (Å²) in [6, 6.07) is 15.4. The maximum atomic E-state index is 11.4. The lowest BCUT2D eigenvalue weighted by molar-refractivity contribution is -0.657. The molecule has 0 radical (unpaired) electrons. The summed E-state index contributed by atoms with van der Waals surface area (Å²) in [5.74, 6) is -1.81. The number of anilines is 1. The second-order valence-electron chi connectivity index (χ2n) is 6.87. The van der Waals surface area contributed by atoms with Gasteiger partial charge < -0.3 is 15.1 Å². The highest BCUT2D eigenvalue weighted by Crippen LogP contribution is 2.45. The Bertz CT molecular complexity index is 1290. The summed E-state index contributed by atoms with van der Waals surface area (Å²) in [6.07, 6.45) is 3.63. The van der Waals surface area contributed by atoms with Gasteiger partial charge in [0.2, 0.25) is 12.1 Å². The summed E-state index contributed by atoms with van der Waals surface area (Å²) in [7, 11) is 0. The van der Waals surface area contributed by atoms with E-state index in [1.807, 2.05) is 61.5 Å².